The highest BCUT2D eigenvalue weighted by Crippen LogP contribution is 2.22. The lowest BCUT2D eigenvalue weighted by atomic mass is 9.99. The van der Waals surface area contributed by atoms with Gasteiger partial charge < -0.3 is 0 Å². The van der Waals surface area contributed by atoms with Crippen LogP contribution in [0.5, 0.6) is 0 Å². The van der Waals surface area contributed by atoms with Crippen LogP contribution in [0.2, 0.25) is 0 Å². The second kappa shape index (κ2) is 9.55. The number of benzene rings is 3. The molecule has 0 spiro atoms. The van der Waals surface area contributed by atoms with Crippen LogP contribution in [0, 0.1) is 0 Å². The zero-order valence-electron chi connectivity index (χ0n) is 16.1. The van der Waals surface area contributed by atoms with Gasteiger partial charge >= 0.3 is 6.18 Å². The van der Waals surface area contributed by atoms with E-state index >= 15 is 0 Å². The molecular weight excluding hydrogens is 373 g/mol. The molecule has 0 saturated heterocycles. The van der Waals surface area contributed by atoms with E-state index in [1.54, 1.807) is 12.1 Å². The first-order valence-corrected chi connectivity index (χ1v) is 9.65. The number of hydrogen-bond acceptors (Lipinski definition) is 1. The fourth-order valence-electron chi connectivity index (χ4n) is 3.34. The smallest absolute Gasteiger partial charge is 0.299 e. The van der Waals surface area contributed by atoms with Crippen LogP contribution in [-0.2, 0) is 30.5 Å². The molecule has 3 aromatic rings. The number of Topliss-reactive ketones (excluding diaryl/α,β-unsaturated/α-hetero) is 1. The minimum atomic E-state index is -4.24. The molecule has 4 heteroatoms. The molecule has 0 unspecified atom stereocenters. The molecule has 3 rings (SSSR count). The van der Waals surface area contributed by atoms with Crippen molar-refractivity contribution in [3.63, 3.8) is 0 Å². The average molecular weight is 396 g/mol. The van der Waals surface area contributed by atoms with Crippen LogP contribution in [0.1, 0.15) is 34.2 Å². The zero-order chi connectivity index (χ0) is 20.7. The molecular formula is C25H23F3O. The molecule has 0 saturated carbocycles. The molecule has 0 aromatic heterocycles. The van der Waals surface area contributed by atoms with E-state index in [-0.39, 0.29) is 17.8 Å². The number of ketones is 1. The summed E-state index contributed by atoms with van der Waals surface area (Å²) >= 11 is 0. The molecule has 0 N–H and O–H groups in total. The third-order valence-corrected chi connectivity index (χ3v) is 4.76. The maximum Gasteiger partial charge on any atom is 0.393 e. The third-order valence-electron chi connectivity index (χ3n) is 4.76. The van der Waals surface area contributed by atoms with Crippen molar-refractivity contribution in [1.82, 2.24) is 0 Å². The lowest BCUT2D eigenvalue weighted by molar-refractivity contribution is -0.127. The van der Waals surface area contributed by atoms with E-state index in [2.05, 4.69) is 24.3 Å². The standard InChI is InChI=1S/C25H23F3O/c26-25(27,28)18-23-8-4-7-22(16-23)17-24(29)14-13-19-9-11-21(12-10-19)15-20-5-2-1-3-6-20/h1-12,16H,13-15,17-18H2. The van der Waals surface area contributed by atoms with E-state index in [1.807, 2.05) is 30.3 Å². The van der Waals surface area contributed by atoms with Gasteiger partial charge in [0, 0.05) is 12.8 Å². The predicted octanol–water partition coefficient (Wildman–Crippen LogP) is 6.13. The van der Waals surface area contributed by atoms with E-state index < -0.39 is 12.6 Å². The number of halogens is 3. The topological polar surface area (TPSA) is 17.1 Å². The Bertz CT molecular complexity index is 928. The molecule has 1 nitrogen and oxygen atoms in total. The summed E-state index contributed by atoms with van der Waals surface area (Å²) in [5.41, 5.74) is 4.38. The fourth-order valence-corrected chi connectivity index (χ4v) is 3.34. The van der Waals surface area contributed by atoms with Crippen molar-refractivity contribution in [2.75, 3.05) is 0 Å². The maximum absolute atomic E-state index is 12.5. The fraction of sp³-hybridized carbons (Fsp3) is 0.240. The first kappa shape index (κ1) is 20.8. The Balaban J connectivity index is 1.50. The monoisotopic (exact) mass is 396 g/mol. The molecule has 0 aliphatic carbocycles. The first-order valence-electron chi connectivity index (χ1n) is 9.65. The number of aryl methyl sites for hydroxylation is 1. The van der Waals surface area contributed by atoms with Gasteiger partial charge in [-0.05, 0) is 40.7 Å². The van der Waals surface area contributed by atoms with Gasteiger partial charge in [0.25, 0.3) is 0 Å². The largest absolute Gasteiger partial charge is 0.393 e. The summed E-state index contributed by atoms with van der Waals surface area (Å²) in [6.45, 7) is 0. The summed E-state index contributed by atoms with van der Waals surface area (Å²) in [5.74, 6) is 0.0301. The third kappa shape index (κ3) is 7.22. The number of rotatable bonds is 8. The lowest BCUT2D eigenvalue weighted by Crippen LogP contribution is -2.12. The molecule has 0 heterocycles. The molecule has 0 amide bonds. The minimum Gasteiger partial charge on any atom is -0.299 e. The summed E-state index contributed by atoms with van der Waals surface area (Å²) in [5, 5.41) is 0. The van der Waals surface area contributed by atoms with E-state index in [1.165, 1.54) is 23.3 Å². The van der Waals surface area contributed by atoms with E-state index in [4.69, 9.17) is 0 Å². The summed E-state index contributed by atoms with van der Waals surface area (Å²) in [7, 11) is 0. The minimum absolute atomic E-state index is 0.0301. The van der Waals surface area contributed by atoms with E-state index in [0.29, 0.717) is 18.4 Å². The SMILES string of the molecule is O=C(CCc1ccc(Cc2ccccc2)cc1)Cc1cccc(CC(F)(F)F)c1. The Morgan fingerprint density at radius 3 is 1.97 bits per heavy atom. The summed E-state index contributed by atoms with van der Waals surface area (Å²) in [4.78, 5) is 12.3. The van der Waals surface area contributed by atoms with Crippen LogP contribution < -0.4 is 0 Å². The summed E-state index contributed by atoms with van der Waals surface area (Å²) in [6.07, 6.45) is -3.17. The Morgan fingerprint density at radius 1 is 0.690 bits per heavy atom. The number of alkyl halides is 3. The molecule has 0 atom stereocenters. The van der Waals surface area contributed by atoms with Gasteiger partial charge in [-0.2, -0.15) is 13.2 Å². The van der Waals surface area contributed by atoms with Crippen LogP contribution in [0.4, 0.5) is 13.2 Å². The van der Waals surface area contributed by atoms with E-state index in [0.717, 1.165) is 12.0 Å². The van der Waals surface area contributed by atoms with Crippen LogP contribution in [0.3, 0.4) is 0 Å². The van der Waals surface area contributed by atoms with Gasteiger partial charge in [-0.1, -0.05) is 78.9 Å². The van der Waals surface area contributed by atoms with Gasteiger partial charge in [-0.3, -0.25) is 4.79 Å². The molecule has 150 valence electrons. The molecule has 0 radical (unpaired) electrons. The van der Waals surface area contributed by atoms with Crippen molar-refractivity contribution in [2.45, 2.75) is 38.3 Å². The highest BCUT2D eigenvalue weighted by Gasteiger charge is 2.27. The molecule has 0 aliphatic heterocycles. The van der Waals surface area contributed by atoms with Gasteiger partial charge in [0.15, 0.2) is 0 Å². The zero-order valence-corrected chi connectivity index (χ0v) is 16.1. The highest BCUT2D eigenvalue weighted by atomic mass is 19.4. The Morgan fingerprint density at radius 2 is 1.28 bits per heavy atom. The van der Waals surface area contributed by atoms with Crippen molar-refractivity contribution in [2.24, 2.45) is 0 Å². The van der Waals surface area contributed by atoms with Gasteiger partial charge in [0.2, 0.25) is 0 Å². The van der Waals surface area contributed by atoms with Gasteiger partial charge in [-0.15, -0.1) is 0 Å². The van der Waals surface area contributed by atoms with Crippen LogP contribution in [0.15, 0.2) is 78.9 Å². The molecule has 29 heavy (non-hydrogen) atoms. The van der Waals surface area contributed by atoms with Gasteiger partial charge in [0.1, 0.15) is 5.78 Å². The Kier molecular flexibility index (Phi) is 6.86. The van der Waals surface area contributed by atoms with E-state index in [9.17, 15) is 18.0 Å². The van der Waals surface area contributed by atoms with Crippen LogP contribution in [-0.4, -0.2) is 12.0 Å². The molecule has 0 aliphatic rings. The lowest BCUT2D eigenvalue weighted by Gasteiger charge is -2.08. The summed E-state index contributed by atoms with van der Waals surface area (Å²) in [6, 6.07) is 24.7. The highest BCUT2D eigenvalue weighted by molar-refractivity contribution is 5.81. The summed E-state index contributed by atoms with van der Waals surface area (Å²) < 4.78 is 37.6. The van der Waals surface area contributed by atoms with Crippen molar-refractivity contribution in [3.8, 4) is 0 Å². The van der Waals surface area contributed by atoms with Crippen molar-refractivity contribution in [1.29, 1.82) is 0 Å². The number of hydrogen-bond donors (Lipinski definition) is 0. The molecule has 3 aromatic carbocycles. The number of carbonyl (C=O) groups is 1. The average Bonchev–Trinajstić information content (AvgIpc) is 2.67. The second-order valence-electron chi connectivity index (χ2n) is 7.31. The quantitative estimate of drug-likeness (QED) is 0.448. The maximum atomic E-state index is 12.5. The predicted molar refractivity (Wildman–Crippen MR) is 109 cm³/mol. The normalized spacial score (nSPS) is 11.4. The molecule has 0 bridgehead atoms. The Hall–Kier alpha value is -2.88. The second-order valence-corrected chi connectivity index (χ2v) is 7.31. The van der Waals surface area contributed by atoms with Gasteiger partial charge in [-0.25, -0.2) is 0 Å². The Labute approximate surface area is 169 Å². The van der Waals surface area contributed by atoms with Crippen LogP contribution in [0.25, 0.3) is 0 Å². The van der Waals surface area contributed by atoms with Crippen molar-refractivity contribution in [3.05, 3.63) is 107 Å². The van der Waals surface area contributed by atoms with Crippen molar-refractivity contribution < 1.29 is 18.0 Å². The van der Waals surface area contributed by atoms with Gasteiger partial charge in [0.05, 0.1) is 6.42 Å². The van der Waals surface area contributed by atoms with Crippen molar-refractivity contribution >= 4 is 5.78 Å². The first-order chi connectivity index (χ1) is 13.9. The van der Waals surface area contributed by atoms with Crippen LogP contribution >= 0.6 is 0 Å². The number of carbonyl (C=O) groups excluding carboxylic acids is 1. The molecule has 0 fully saturated rings.